The summed E-state index contributed by atoms with van der Waals surface area (Å²) in [6, 6.07) is 6.31. The van der Waals surface area contributed by atoms with Gasteiger partial charge in [-0.05, 0) is 31.5 Å². The normalized spacial score (nSPS) is 24.0. The molecule has 0 spiro atoms. The van der Waals surface area contributed by atoms with Crippen molar-refractivity contribution in [1.82, 2.24) is 9.80 Å². The van der Waals surface area contributed by atoms with E-state index >= 15 is 0 Å². The van der Waals surface area contributed by atoms with Gasteiger partial charge in [-0.15, -0.1) is 0 Å². The van der Waals surface area contributed by atoms with E-state index in [1.165, 1.54) is 0 Å². The van der Waals surface area contributed by atoms with E-state index in [0.717, 1.165) is 18.7 Å². The van der Waals surface area contributed by atoms with Gasteiger partial charge in [0.2, 0.25) is 0 Å². The maximum Gasteiger partial charge on any atom is 0.410 e. The van der Waals surface area contributed by atoms with Gasteiger partial charge in [0.15, 0.2) is 11.5 Å². The molecule has 23 heavy (non-hydrogen) atoms. The van der Waals surface area contributed by atoms with E-state index in [9.17, 15) is 4.79 Å². The van der Waals surface area contributed by atoms with Gasteiger partial charge in [-0.25, -0.2) is 4.79 Å². The SMILES string of the molecule is COc1ccc(CN2C(=O)O[C@H]3CN(C(C)C)C[C@H]32)cc1OC. The fourth-order valence-corrected chi connectivity index (χ4v) is 3.31. The van der Waals surface area contributed by atoms with Crippen molar-refractivity contribution in [2.75, 3.05) is 27.3 Å². The molecule has 1 amide bonds. The maximum atomic E-state index is 12.2. The Kier molecular flexibility index (Phi) is 4.35. The average Bonchev–Trinajstić information content (AvgIpc) is 3.06. The Bertz CT molecular complexity index is 590. The molecule has 6 heteroatoms. The molecule has 2 heterocycles. The second kappa shape index (κ2) is 6.28. The van der Waals surface area contributed by atoms with Crippen molar-refractivity contribution < 1.29 is 19.0 Å². The predicted octanol–water partition coefficient (Wildman–Crippen LogP) is 2.12. The lowest BCUT2D eigenvalue weighted by molar-refractivity contribution is 0.114. The molecule has 1 aromatic rings. The third kappa shape index (κ3) is 2.95. The number of nitrogens with zero attached hydrogens (tertiary/aromatic N) is 2. The number of hydrogen-bond donors (Lipinski definition) is 0. The van der Waals surface area contributed by atoms with E-state index in [1.54, 1.807) is 14.2 Å². The van der Waals surface area contributed by atoms with Crippen molar-refractivity contribution in [2.24, 2.45) is 0 Å². The molecule has 1 aromatic carbocycles. The molecule has 2 aliphatic heterocycles. The Morgan fingerprint density at radius 3 is 2.61 bits per heavy atom. The van der Waals surface area contributed by atoms with Crippen LogP contribution in [0.25, 0.3) is 0 Å². The lowest BCUT2D eigenvalue weighted by atomic mass is 10.1. The Balaban J connectivity index is 1.75. The number of fused-ring (bicyclic) bond motifs is 1. The van der Waals surface area contributed by atoms with E-state index in [4.69, 9.17) is 14.2 Å². The molecule has 0 bridgehead atoms. The van der Waals surface area contributed by atoms with Gasteiger partial charge >= 0.3 is 6.09 Å². The molecular weight excluding hydrogens is 296 g/mol. The Morgan fingerprint density at radius 2 is 1.96 bits per heavy atom. The third-order valence-corrected chi connectivity index (χ3v) is 4.68. The van der Waals surface area contributed by atoms with Crippen LogP contribution in [0.3, 0.4) is 0 Å². The summed E-state index contributed by atoms with van der Waals surface area (Å²) in [6.45, 7) is 6.53. The number of carbonyl (C=O) groups is 1. The highest BCUT2D eigenvalue weighted by molar-refractivity contribution is 5.71. The molecule has 0 aromatic heterocycles. The molecule has 6 nitrogen and oxygen atoms in total. The highest BCUT2D eigenvalue weighted by atomic mass is 16.6. The van der Waals surface area contributed by atoms with Crippen LogP contribution < -0.4 is 9.47 Å². The van der Waals surface area contributed by atoms with E-state index in [0.29, 0.717) is 24.1 Å². The predicted molar refractivity (Wildman–Crippen MR) is 85.9 cm³/mol. The fourth-order valence-electron chi connectivity index (χ4n) is 3.31. The molecule has 0 saturated carbocycles. The zero-order chi connectivity index (χ0) is 16.6. The lowest BCUT2D eigenvalue weighted by Gasteiger charge is -2.24. The topological polar surface area (TPSA) is 51.2 Å². The van der Waals surface area contributed by atoms with Crippen LogP contribution in [0.15, 0.2) is 18.2 Å². The van der Waals surface area contributed by atoms with E-state index in [-0.39, 0.29) is 18.2 Å². The van der Waals surface area contributed by atoms with Crippen molar-refractivity contribution in [3.05, 3.63) is 23.8 Å². The van der Waals surface area contributed by atoms with Gasteiger partial charge in [-0.3, -0.25) is 9.80 Å². The van der Waals surface area contributed by atoms with Crippen LogP contribution in [-0.4, -0.2) is 61.4 Å². The number of likely N-dealkylation sites (tertiary alicyclic amines) is 1. The molecule has 0 radical (unpaired) electrons. The van der Waals surface area contributed by atoms with E-state index in [2.05, 4.69) is 18.7 Å². The van der Waals surface area contributed by atoms with Gasteiger partial charge in [0.1, 0.15) is 6.10 Å². The molecule has 0 unspecified atom stereocenters. The summed E-state index contributed by atoms with van der Waals surface area (Å²) in [7, 11) is 3.22. The quantitative estimate of drug-likeness (QED) is 0.832. The Hall–Kier alpha value is -1.95. The lowest BCUT2D eigenvalue weighted by Crippen LogP contribution is -2.38. The molecular formula is C17H24N2O4. The highest BCUT2D eigenvalue weighted by Crippen LogP contribution is 2.32. The smallest absolute Gasteiger partial charge is 0.410 e. The summed E-state index contributed by atoms with van der Waals surface area (Å²) >= 11 is 0. The first-order chi connectivity index (χ1) is 11.0. The van der Waals surface area contributed by atoms with Crippen LogP contribution in [0.1, 0.15) is 19.4 Å². The second-order valence-electron chi connectivity index (χ2n) is 6.35. The van der Waals surface area contributed by atoms with Gasteiger partial charge in [-0.1, -0.05) is 6.07 Å². The summed E-state index contributed by atoms with van der Waals surface area (Å²) in [4.78, 5) is 16.4. The largest absolute Gasteiger partial charge is 0.493 e. The summed E-state index contributed by atoms with van der Waals surface area (Å²) in [5.41, 5.74) is 1.00. The first-order valence-corrected chi connectivity index (χ1v) is 7.95. The van der Waals surface area contributed by atoms with Gasteiger partial charge in [0, 0.05) is 25.7 Å². The first-order valence-electron chi connectivity index (χ1n) is 7.95. The number of amides is 1. The van der Waals surface area contributed by atoms with Crippen LogP contribution in [-0.2, 0) is 11.3 Å². The molecule has 2 saturated heterocycles. The monoisotopic (exact) mass is 320 g/mol. The minimum Gasteiger partial charge on any atom is -0.493 e. The van der Waals surface area contributed by atoms with Gasteiger partial charge in [-0.2, -0.15) is 0 Å². The van der Waals surface area contributed by atoms with Gasteiger partial charge in [0.05, 0.1) is 20.3 Å². The molecule has 126 valence electrons. The number of rotatable bonds is 5. The summed E-state index contributed by atoms with van der Waals surface area (Å²) in [5.74, 6) is 1.36. The molecule has 3 rings (SSSR count). The van der Waals surface area contributed by atoms with Crippen LogP contribution in [0.4, 0.5) is 4.79 Å². The van der Waals surface area contributed by atoms with Crippen LogP contribution in [0, 0.1) is 0 Å². The molecule has 2 atom stereocenters. The zero-order valence-electron chi connectivity index (χ0n) is 14.1. The number of hydrogen-bond acceptors (Lipinski definition) is 5. The zero-order valence-corrected chi connectivity index (χ0v) is 14.1. The summed E-state index contributed by atoms with van der Waals surface area (Å²) in [5, 5.41) is 0. The average molecular weight is 320 g/mol. The van der Waals surface area contributed by atoms with Crippen LogP contribution in [0.5, 0.6) is 11.5 Å². The fraction of sp³-hybridized carbons (Fsp3) is 0.588. The Morgan fingerprint density at radius 1 is 1.22 bits per heavy atom. The summed E-state index contributed by atoms with van der Waals surface area (Å²) in [6.07, 6.45) is -0.247. The van der Waals surface area contributed by atoms with Gasteiger partial charge < -0.3 is 14.2 Å². The number of benzene rings is 1. The Labute approximate surface area is 136 Å². The minimum atomic E-state index is -0.224. The number of ether oxygens (including phenoxy) is 3. The van der Waals surface area contributed by atoms with Crippen LogP contribution in [0.2, 0.25) is 0 Å². The maximum absolute atomic E-state index is 12.2. The second-order valence-corrected chi connectivity index (χ2v) is 6.35. The van der Waals surface area contributed by atoms with Crippen molar-refractivity contribution >= 4 is 6.09 Å². The molecule has 2 aliphatic rings. The van der Waals surface area contributed by atoms with Crippen molar-refractivity contribution in [1.29, 1.82) is 0 Å². The summed E-state index contributed by atoms with van der Waals surface area (Å²) < 4.78 is 16.1. The minimum absolute atomic E-state index is 0.0231. The first kappa shape index (κ1) is 15.9. The van der Waals surface area contributed by atoms with Crippen molar-refractivity contribution in [3.8, 4) is 11.5 Å². The standard InChI is InChI=1S/C17H24N2O4/c1-11(2)18-9-13-16(10-18)23-17(20)19(13)8-12-5-6-14(21-3)15(7-12)22-4/h5-7,11,13,16H,8-10H2,1-4H3/t13-,16+/m1/s1. The molecule has 2 fully saturated rings. The molecule has 0 N–H and O–H groups in total. The molecule has 0 aliphatic carbocycles. The number of methoxy groups -OCH3 is 2. The van der Waals surface area contributed by atoms with Crippen molar-refractivity contribution in [3.63, 3.8) is 0 Å². The van der Waals surface area contributed by atoms with E-state index < -0.39 is 0 Å². The van der Waals surface area contributed by atoms with Crippen LogP contribution >= 0.6 is 0 Å². The van der Waals surface area contributed by atoms with E-state index in [1.807, 2.05) is 23.1 Å². The third-order valence-electron chi connectivity index (χ3n) is 4.68. The number of carbonyl (C=O) groups excluding carboxylic acids is 1. The highest BCUT2D eigenvalue weighted by Gasteiger charge is 2.47. The van der Waals surface area contributed by atoms with Crippen molar-refractivity contribution in [2.45, 2.75) is 38.6 Å². The van der Waals surface area contributed by atoms with Gasteiger partial charge in [0.25, 0.3) is 0 Å².